The fraction of sp³-hybridized carbons (Fsp3) is 0.929. The summed E-state index contributed by atoms with van der Waals surface area (Å²) in [6.45, 7) is 7.31. The third kappa shape index (κ3) is 5.14. The molecular formula is C14H25F3N2O2. The fourth-order valence-electron chi connectivity index (χ4n) is 2.74. The molecule has 1 aliphatic rings. The molecule has 7 heteroatoms. The predicted molar refractivity (Wildman–Crippen MR) is 73.9 cm³/mol. The highest BCUT2D eigenvalue weighted by atomic mass is 19.4. The molecule has 1 N–H and O–H groups in total. The second-order valence-corrected chi connectivity index (χ2v) is 5.67. The Morgan fingerprint density at radius 1 is 1.29 bits per heavy atom. The third-order valence-electron chi connectivity index (χ3n) is 3.88. The SMILES string of the molecule is CCNC(C)(CN1CCC(C(F)(F)F)CC1)C(=O)OCC. The number of nitrogens with zero attached hydrogens (tertiary/aromatic N) is 1. The van der Waals surface area contributed by atoms with E-state index in [0.29, 0.717) is 26.2 Å². The molecule has 4 nitrogen and oxygen atoms in total. The summed E-state index contributed by atoms with van der Waals surface area (Å²) < 4.78 is 43.0. The van der Waals surface area contributed by atoms with E-state index in [1.165, 1.54) is 0 Å². The molecule has 0 radical (unpaired) electrons. The number of carbonyl (C=O) groups excluding carboxylic acids is 1. The van der Waals surface area contributed by atoms with E-state index in [1.54, 1.807) is 13.8 Å². The Bertz CT molecular complexity index is 342. The van der Waals surface area contributed by atoms with E-state index in [4.69, 9.17) is 4.74 Å². The van der Waals surface area contributed by atoms with Crippen molar-refractivity contribution >= 4 is 5.97 Å². The number of hydrogen-bond acceptors (Lipinski definition) is 4. The Labute approximate surface area is 124 Å². The van der Waals surface area contributed by atoms with Gasteiger partial charge < -0.3 is 15.0 Å². The van der Waals surface area contributed by atoms with Crippen LogP contribution in [0.3, 0.4) is 0 Å². The number of piperidine rings is 1. The van der Waals surface area contributed by atoms with Gasteiger partial charge >= 0.3 is 12.1 Å². The molecule has 1 heterocycles. The minimum absolute atomic E-state index is 0.0918. The summed E-state index contributed by atoms with van der Waals surface area (Å²) in [6.07, 6.45) is -3.93. The number of nitrogens with one attached hydrogen (secondary N) is 1. The number of carbonyl (C=O) groups is 1. The molecule has 1 unspecified atom stereocenters. The first kappa shape index (κ1) is 18.2. The number of alkyl halides is 3. The molecule has 0 saturated carbocycles. The zero-order chi connectivity index (χ0) is 16.1. The van der Waals surface area contributed by atoms with Gasteiger partial charge in [-0.05, 0) is 46.3 Å². The summed E-state index contributed by atoms with van der Waals surface area (Å²) in [5.74, 6) is -1.58. The van der Waals surface area contributed by atoms with E-state index < -0.39 is 17.6 Å². The van der Waals surface area contributed by atoms with E-state index in [0.717, 1.165) is 0 Å². The van der Waals surface area contributed by atoms with Gasteiger partial charge in [0.1, 0.15) is 5.54 Å². The van der Waals surface area contributed by atoms with Gasteiger partial charge in [-0.25, -0.2) is 0 Å². The Balaban J connectivity index is 2.60. The van der Waals surface area contributed by atoms with Gasteiger partial charge in [-0.15, -0.1) is 0 Å². The maximum atomic E-state index is 12.7. The van der Waals surface area contributed by atoms with E-state index in [-0.39, 0.29) is 25.4 Å². The highest BCUT2D eigenvalue weighted by Crippen LogP contribution is 2.34. The van der Waals surface area contributed by atoms with Crippen LogP contribution in [0, 0.1) is 5.92 Å². The summed E-state index contributed by atoms with van der Waals surface area (Å²) in [5.41, 5.74) is -0.879. The van der Waals surface area contributed by atoms with Crippen molar-refractivity contribution in [1.29, 1.82) is 0 Å². The maximum absolute atomic E-state index is 12.7. The normalized spacial score (nSPS) is 21.0. The van der Waals surface area contributed by atoms with E-state index in [2.05, 4.69) is 5.32 Å². The Morgan fingerprint density at radius 2 is 1.86 bits per heavy atom. The molecule has 0 amide bonds. The zero-order valence-electron chi connectivity index (χ0n) is 12.9. The first-order valence-electron chi connectivity index (χ1n) is 7.44. The summed E-state index contributed by atoms with van der Waals surface area (Å²) in [6, 6.07) is 0. The first-order valence-corrected chi connectivity index (χ1v) is 7.44. The number of likely N-dealkylation sites (tertiary alicyclic amines) is 1. The van der Waals surface area contributed by atoms with Gasteiger partial charge in [-0.1, -0.05) is 6.92 Å². The highest BCUT2D eigenvalue weighted by molar-refractivity contribution is 5.80. The maximum Gasteiger partial charge on any atom is 0.391 e. The van der Waals surface area contributed by atoms with Crippen LogP contribution in [0.25, 0.3) is 0 Å². The molecule has 0 aromatic heterocycles. The van der Waals surface area contributed by atoms with Crippen molar-refractivity contribution in [3.05, 3.63) is 0 Å². The smallest absolute Gasteiger partial charge is 0.391 e. The van der Waals surface area contributed by atoms with E-state index in [1.807, 2.05) is 11.8 Å². The van der Waals surface area contributed by atoms with Crippen LogP contribution >= 0.6 is 0 Å². The molecule has 1 fully saturated rings. The first-order chi connectivity index (χ1) is 9.73. The summed E-state index contributed by atoms with van der Waals surface area (Å²) in [4.78, 5) is 14.0. The Hall–Kier alpha value is -0.820. The third-order valence-corrected chi connectivity index (χ3v) is 3.88. The fourth-order valence-corrected chi connectivity index (χ4v) is 2.74. The van der Waals surface area contributed by atoms with E-state index in [9.17, 15) is 18.0 Å². The molecular weight excluding hydrogens is 285 g/mol. The lowest BCUT2D eigenvalue weighted by atomic mass is 9.94. The molecule has 21 heavy (non-hydrogen) atoms. The average molecular weight is 310 g/mol. The van der Waals surface area contributed by atoms with Crippen molar-refractivity contribution < 1.29 is 22.7 Å². The lowest BCUT2D eigenvalue weighted by Gasteiger charge is -2.38. The second-order valence-electron chi connectivity index (χ2n) is 5.67. The molecule has 1 rings (SSSR count). The number of likely N-dealkylation sites (N-methyl/N-ethyl adjacent to an activating group) is 1. The zero-order valence-corrected chi connectivity index (χ0v) is 12.9. The minimum Gasteiger partial charge on any atom is -0.465 e. The van der Waals surface area contributed by atoms with Crippen molar-refractivity contribution in [2.45, 2.75) is 45.3 Å². The predicted octanol–water partition coefficient (Wildman–Crippen LogP) is 2.19. The van der Waals surface area contributed by atoms with Crippen LogP contribution in [-0.4, -0.2) is 55.4 Å². The van der Waals surface area contributed by atoms with Gasteiger partial charge in [0.15, 0.2) is 0 Å². The van der Waals surface area contributed by atoms with Gasteiger partial charge in [-0.3, -0.25) is 4.79 Å². The van der Waals surface area contributed by atoms with Gasteiger partial charge in [-0.2, -0.15) is 13.2 Å². The number of esters is 1. The van der Waals surface area contributed by atoms with Crippen LogP contribution in [0.4, 0.5) is 13.2 Å². The quantitative estimate of drug-likeness (QED) is 0.764. The van der Waals surface area contributed by atoms with Crippen LogP contribution in [0.5, 0.6) is 0 Å². The number of hydrogen-bond donors (Lipinski definition) is 1. The minimum atomic E-state index is -4.11. The Kier molecular flexibility index (Phi) is 6.46. The molecule has 0 aliphatic carbocycles. The number of halogens is 3. The largest absolute Gasteiger partial charge is 0.465 e. The topological polar surface area (TPSA) is 41.6 Å². The van der Waals surface area contributed by atoms with Crippen LogP contribution in [0.1, 0.15) is 33.6 Å². The molecule has 0 spiro atoms. The highest BCUT2D eigenvalue weighted by Gasteiger charge is 2.43. The van der Waals surface area contributed by atoms with Crippen molar-refractivity contribution in [2.24, 2.45) is 5.92 Å². The molecule has 1 saturated heterocycles. The Morgan fingerprint density at radius 3 is 2.29 bits per heavy atom. The van der Waals surface area contributed by atoms with Gasteiger partial charge in [0, 0.05) is 6.54 Å². The lowest BCUT2D eigenvalue weighted by Crippen LogP contribution is -2.58. The summed E-state index contributed by atoms with van der Waals surface area (Å²) in [5, 5.41) is 3.09. The average Bonchev–Trinajstić information content (AvgIpc) is 2.38. The standard InChI is InChI=1S/C14H25F3N2O2/c1-4-18-13(3,12(20)21-5-2)10-19-8-6-11(7-9-19)14(15,16)17/h11,18H,4-10H2,1-3H3. The second kappa shape index (κ2) is 7.45. The molecule has 124 valence electrons. The van der Waals surface area contributed by atoms with Crippen molar-refractivity contribution in [3.8, 4) is 0 Å². The summed E-state index contributed by atoms with van der Waals surface area (Å²) >= 11 is 0. The number of ether oxygens (including phenoxy) is 1. The lowest BCUT2D eigenvalue weighted by molar-refractivity contribution is -0.186. The molecule has 1 aliphatic heterocycles. The molecule has 0 bridgehead atoms. The van der Waals surface area contributed by atoms with Crippen LogP contribution in [0.15, 0.2) is 0 Å². The van der Waals surface area contributed by atoms with Crippen LogP contribution in [-0.2, 0) is 9.53 Å². The van der Waals surface area contributed by atoms with Crippen LogP contribution < -0.4 is 5.32 Å². The van der Waals surface area contributed by atoms with Gasteiger partial charge in [0.25, 0.3) is 0 Å². The van der Waals surface area contributed by atoms with Gasteiger partial charge in [0.05, 0.1) is 12.5 Å². The number of rotatable bonds is 6. The monoisotopic (exact) mass is 310 g/mol. The van der Waals surface area contributed by atoms with Crippen molar-refractivity contribution in [1.82, 2.24) is 10.2 Å². The molecule has 0 aromatic rings. The van der Waals surface area contributed by atoms with Gasteiger partial charge in [0.2, 0.25) is 0 Å². The van der Waals surface area contributed by atoms with Crippen molar-refractivity contribution in [3.63, 3.8) is 0 Å². The molecule has 0 aromatic carbocycles. The molecule has 1 atom stereocenters. The van der Waals surface area contributed by atoms with Crippen LogP contribution in [0.2, 0.25) is 0 Å². The summed E-state index contributed by atoms with van der Waals surface area (Å²) in [7, 11) is 0. The van der Waals surface area contributed by atoms with Crippen molar-refractivity contribution in [2.75, 3.05) is 32.8 Å². The van der Waals surface area contributed by atoms with E-state index >= 15 is 0 Å².